The quantitative estimate of drug-likeness (QED) is 0.0573. The summed E-state index contributed by atoms with van der Waals surface area (Å²) in [6, 6.07) is 4.60. The van der Waals surface area contributed by atoms with Gasteiger partial charge in [-0.25, -0.2) is 12.8 Å². The minimum atomic E-state index is -3.42. The lowest BCUT2D eigenvalue weighted by Crippen LogP contribution is -2.61. The third kappa shape index (κ3) is 15.6. The molecular formula is C52H88FN3O17S. The average Bonchev–Trinajstić information content (AvgIpc) is 3.35. The molecule has 0 aromatic heterocycles. The number of carbonyl (C=O) groups excluding carboxylic acids is 2. The minimum Gasteiger partial charge on any atom is -0.459 e. The Kier molecular flexibility index (Phi) is 23.3. The SMILES string of the molecule is CC[C@H]1OC(=O)[C@H](C)[C@@H](O[C@H]2CC(C)(OC)[C@@H](O)[C@H](C)O2)[C@H](C)[C@@H](O[C@@H]2O[C@H](C)C[C@H](N(C)CCC(=O)N[C@H](CF)Cc3ccc(S(C)(=O)=O)cc3)[C@H]2O)C(C)(OC)C[C@@H](C)C(=NOCOC)[C@H](C)[C@@H](O)C1(C)O. The Balaban J connectivity index is 1.74. The minimum absolute atomic E-state index is 0.0449. The van der Waals surface area contributed by atoms with E-state index in [0.29, 0.717) is 17.7 Å². The summed E-state index contributed by atoms with van der Waals surface area (Å²) in [6.45, 7) is 16.3. The number of ether oxygens (including phenoxy) is 8. The van der Waals surface area contributed by atoms with Gasteiger partial charge in [0.25, 0.3) is 0 Å². The molecule has 3 saturated heterocycles. The molecule has 3 unspecified atom stereocenters. The molecule has 0 radical (unpaired) electrons. The zero-order valence-corrected chi connectivity index (χ0v) is 47.0. The molecule has 19 atom stereocenters. The summed E-state index contributed by atoms with van der Waals surface area (Å²) in [6.07, 6.45) is -9.01. The number of aliphatic hydroxyl groups is 4. The number of nitrogens with one attached hydrogen (secondary N) is 1. The number of cyclic esters (lactones) is 1. The van der Waals surface area contributed by atoms with E-state index in [1.54, 1.807) is 53.8 Å². The van der Waals surface area contributed by atoms with Crippen LogP contribution in [-0.2, 0) is 68.6 Å². The van der Waals surface area contributed by atoms with E-state index >= 15 is 0 Å². The molecular weight excluding hydrogens is 990 g/mol. The van der Waals surface area contributed by atoms with Crippen LogP contribution in [0.2, 0.25) is 0 Å². The van der Waals surface area contributed by atoms with Crippen LogP contribution in [0.4, 0.5) is 4.39 Å². The topological polar surface area (TPSA) is 260 Å². The van der Waals surface area contributed by atoms with Crippen LogP contribution >= 0.6 is 0 Å². The Bertz CT molecular complexity index is 2090. The first-order chi connectivity index (χ1) is 34.5. The van der Waals surface area contributed by atoms with E-state index in [9.17, 15) is 42.8 Å². The number of oxime groups is 1. The standard InChI is InChI=1S/C52H88FN3O17S/c1-16-39-52(10,62)45(59)31(4)42(55-68-28-65-12)29(2)25-51(9,67-14)47(32(5)44(33(6)48(61)71-39)72-41-26-50(8,66-13)46(60)34(7)70-41)73-49-43(58)38(23-30(3)69-49)56(11)22-21-40(57)54-36(27-53)24-35-17-19-37(20-18-35)74(15,63)64/h17-20,29-34,36,38-39,41,43-47,49,58-60,62H,16,21-28H2,1-15H3,(H,54,57)/t29-,30-,31+,32+,33-,34+,36+,38+,39-,41+,43-,44+,45-,46+,47-,49+,50?,51?,52?/m1/s1. The largest absolute Gasteiger partial charge is 0.459 e. The highest BCUT2D eigenvalue weighted by molar-refractivity contribution is 7.90. The summed E-state index contributed by atoms with van der Waals surface area (Å²) < 4.78 is 88.2. The highest BCUT2D eigenvalue weighted by Gasteiger charge is 2.54. The van der Waals surface area contributed by atoms with Crippen LogP contribution in [0.1, 0.15) is 107 Å². The Morgan fingerprint density at radius 1 is 0.946 bits per heavy atom. The molecule has 0 bridgehead atoms. The molecule has 3 aliphatic heterocycles. The number of hydrogen-bond donors (Lipinski definition) is 5. The van der Waals surface area contributed by atoms with Gasteiger partial charge in [0.1, 0.15) is 30.6 Å². The Hall–Kier alpha value is -2.97. The monoisotopic (exact) mass is 1080 g/mol. The van der Waals surface area contributed by atoms with Crippen LogP contribution < -0.4 is 5.32 Å². The van der Waals surface area contributed by atoms with Gasteiger partial charge in [-0.05, 0) is 92.0 Å². The van der Waals surface area contributed by atoms with Gasteiger partial charge in [-0.15, -0.1) is 0 Å². The smallest absolute Gasteiger partial charge is 0.311 e. The molecule has 426 valence electrons. The molecule has 0 saturated carbocycles. The molecule has 3 aliphatic rings. The highest BCUT2D eigenvalue weighted by Crippen LogP contribution is 2.42. The van der Waals surface area contributed by atoms with Gasteiger partial charge in [-0.2, -0.15) is 0 Å². The number of hydrogen-bond acceptors (Lipinski definition) is 19. The van der Waals surface area contributed by atoms with E-state index in [4.69, 9.17) is 42.7 Å². The fourth-order valence-corrected chi connectivity index (χ4v) is 11.5. The van der Waals surface area contributed by atoms with Crippen molar-refractivity contribution in [3.05, 3.63) is 29.8 Å². The predicted molar refractivity (Wildman–Crippen MR) is 271 cm³/mol. The molecule has 1 aromatic carbocycles. The van der Waals surface area contributed by atoms with Crippen LogP contribution in [0, 0.1) is 23.7 Å². The third-order valence-electron chi connectivity index (χ3n) is 15.6. The van der Waals surface area contributed by atoms with E-state index in [1.807, 2.05) is 32.6 Å². The van der Waals surface area contributed by atoms with Gasteiger partial charge in [0.05, 0.1) is 64.3 Å². The van der Waals surface area contributed by atoms with Crippen molar-refractivity contribution < 1.29 is 85.6 Å². The van der Waals surface area contributed by atoms with E-state index in [0.717, 1.165) is 6.26 Å². The zero-order chi connectivity index (χ0) is 55.7. The van der Waals surface area contributed by atoms with E-state index in [2.05, 4.69) is 10.5 Å². The van der Waals surface area contributed by atoms with Crippen molar-refractivity contribution in [2.75, 3.05) is 54.6 Å². The zero-order valence-electron chi connectivity index (χ0n) is 46.2. The molecule has 3 heterocycles. The number of aliphatic hydroxyl groups excluding tert-OH is 3. The molecule has 3 fully saturated rings. The first-order valence-corrected chi connectivity index (χ1v) is 27.6. The molecule has 74 heavy (non-hydrogen) atoms. The van der Waals surface area contributed by atoms with E-state index < -0.39 is 142 Å². The number of rotatable bonds is 19. The maximum absolute atomic E-state index is 14.6. The fourth-order valence-electron chi connectivity index (χ4n) is 10.9. The average molecular weight is 1080 g/mol. The number of likely N-dealkylation sites (N-methyl/N-ethyl adjacent to an activating group) is 1. The number of alkyl halides is 1. The lowest BCUT2D eigenvalue weighted by Gasteiger charge is -2.50. The normalized spacial score (nSPS) is 39.0. The second-order valence-corrected chi connectivity index (χ2v) is 23.6. The molecule has 5 N–H and O–H groups in total. The second-order valence-electron chi connectivity index (χ2n) is 21.6. The molecule has 1 amide bonds. The van der Waals surface area contributed by atoms with Crippen molar-refractivity contribution in [1.29, 1.82) is 0 Å². The van der Waals surface area contributed by atoms with Crippen LogP contribution in [0.5, 0.6) is 0 Å². The highest BCUT2D eigenvalue weighted by atomic mass is 32.2. The summed E-state index contributed by atoms with van der Waals surface area (Å²) in [5.74, 6) is -4.56. The van der Waals surface area contributed by atoms with Gasteiger partial charge >= 0.3 is 5.97 Å². The second kappa shape index (κ2) is 27.1. The summed E-state index contributed by atoms with van der Waals surface area (Å²) in [7, 11) is 2.76. The fraction of sp³-hybridized carbons (Fsp3) is 0.827. The first-order valence-electron chi connectivity index (χ1n) is 25.7. The van der Waals surface area contributed by atoms with Gasteiger partial charge in [-0.1, -0.05) is 45.0 Å². The van der Waals surface area contributed by atoms with Crippen LogP contribution in [0.15, 0.2) is 34.3 Å². The number of nitrogens with zero attached hydrogens (tertiary/aromatic N) is 2. The van der Waals surface area contributed by atoms with Crippen molar-refractivity contribution in [2.45, 2.75) is 203 Å². The number of esters is 1. The summed E-state index contributed by atoms with van der Waals surface area (Å²) in [5.41, 5.74) is -3.45. The first kappa shape index (κ1) is 63.6. The van der Waals surface area contributed by atoms with Crippen molar-refractivity contribution in [3.63, 3.8) is 0 Å². The van der Waals surface area contributed by atoms with Gasteiger partial charge in [0, 0.05) is 70.8 Å². The van der Waals surface area contributed by atoms with Crippen LogP contribution in [-0.4, -0.2) is 196 Å². The van der Waals surface area contributed by atoms with Gasteiger partial charge in [0.2, 0.25) is 12.7 Å². The third-order valence-corrected chi connectivity index (χ3v) is 16.8. The molecule has 20 nitrogen and oxygen atoms in total. The predicted octanol–water partition coefficient (Wildman–Crippen LogP) is 3.71. The Labute approximate surface area is 438 Å². The van der Waals surface area contributed by atoms with Crippen molar-refractivity contribution in [2.24, 2.45) is 28.8 Å². The van der Waals surface area contributed by atoms with Crippen molar-refractivity contribution in [3.8, 4) is 0 Å². The Morgan fingerprint density at radius 3 is 2.15 bits per heavy atom. The Morgan fingerprint density at radius 2 is 1.58 bits per heavy atom. The number of benzene rings is 1. The number of amides is 1. The van der Waals surface area contributed by atoms with E-state index in [1.165, 1.54) is 40.4 Å². The van der Waals surface area contributed by atoms with Crippen LogP contribution in [0.3, 0.4) is 0 Å². The number of methoxy groups -OCH3 is 3. The molecule has 4 rings (SSSR count). The maximum atomic E-state index is 14.6. The number of carbonyl (C=O) groups is 2. The molecule has 0 spiro atoms. The lowest BCUT2D eigenvalue weighted by atomic mass is 9.73. The van der Waals surface area contributed by atoms with Gasteiger partial charge < -0.3 is 73.4 Å². The van der Waals surface area contributed by atoms with Crippen molar-refractivity contribution in [1.82, 2.24) is 10.2 Å². The van der Waals surface area contributed by atoms with Crippen molar-refractivity contribution >= 4 is 27.4 Å². The lowest BCUT2D eigenvalue weighted by molar-refractivity contribution is -0.319. The molecule has 22 heteroatoms. The van der Waals surface area contributed by atoms with Gasteiger partial charge in [0.15, 0.2) is 22.4 Å². The molecule has 1 aromatic rings. The maximum Gasteiger partial charge on any atom is 0.311 e. The van der Waals surface area contributed by atoms with Crippen LogP contribution in [0.25, 0.3) is 0 Å². The summed E-state index contributed by atoms with van der Waals surface area (Å²) >= 11 is 0. The number of sulfone groups is 1. The van der Waals surface area contributed by atoms with E-state index in [-0.39, 0.29) is 50.3 Å². The number of halogens is 1. The summed E-state index contributed by atoms with van der Waals surface area (Å²) in [4.78, 5) is 35.4. The molecule has 0 aliphatic carbocycles. The van der Waals surface area contributed by atoms with Gasteiger partial charge in [-0.3, -0.25) is 9.59 Å². The summed E-state index contributed by atoms with van der Waals surface area (Å²) in [5, 5.41) is 54.6.